The van der Waals surface area contributed by atoms with Crippen LogP contribution in [0.15, 0.2) is 12.1 Å². The monoisotopic (exact) mass is 221 g/mol. The van der Waals surface area contributed by atoms with Gasteiger partial charge < -0.3 is 10.5 Å². The summed E-state index contributed by atoms with van der Waals surface area (Å²) in [7, 11) is 0. The van der Waals surface area contributed by atoms with E-state index in [1.165, 1.54) is 6.07 Å². The molecule has 1 aliphatic heterocycles. The molecule has 2 N–H and O–H groups in total. The van der Waals surface area contributed by atoms with Crippen LogP contribution in [-0.2, 0) is 11.8 Å². The van der Waals surface area contributed by atoms with Gasteiger partial charge in [-0.25, -0.2) is 4.39 Å². The summed E-state index contributed by atoms with van der Waals surface area (Å²) < 4.78 is 19.4. The summed E-state index contributed by atoms with van der Waals surface area (Å²) in [5.74, 6) is 0.568. The highest BCUT2D eigenvalue weighted by Gasteiger charge is 2.40. The quantitative estimate of drug-likeness (QED) is 0.830. The number of rotatable bonds is 2. The van der Waals surface area contributed by atoms with Crippen LogP contribution in [0, 0.1) is 5.82 Å². The maximum Gasteiger partial charge on any atom is 0.130 e. The molecule has 3 rings (SSSR count). The van der Waals surface area contributed by atoms with Gasteiger partial charge >= 0.3 is 0 Å². The third kappa shape index (κ3) is 1.27. The van der Waals surface area contributed by atoms with E-state index in [9.17, 15) is 4.39 Å². The zero-order valence-corrected chi connectivity index (χ0v) is 9.26. The number of benzene rings is 1. The fourth-order valence-corrected chi connectivity index (χ4v) is 2.79. The van der Waals surface area contributed by atoms with Gasteiger partial charge in [0, 0.05) is 24.4 Å². The van der Waals surface area contributed by atoms with E-state index in [-0.39, 0.29) is 11.2 Å². The van der Waals surface area contributed by atoms with Gasteiger partial charge in [0.2, 0.25) is 0 Å². The summed E-state index contributed by atoms with van der Waals surface area (Å²) in [6.45, 7) is 1.22. The zero-order chi connectivity index (χ0) is 11.2. The average molecular weight is 221 g/mol. The largest absolute Gasteiger partial charge is 0.493 e. The van der Waals surface area contributed by atoms with E-state index in [2.05, 4.69) is 0 Å². The topological polar surface area (TPSA) is 35.2 Å². The third-order valence-electron chi connectivity index (χ3n) is 4.05. The van der Waals surface area contributed by atoms with Crippen molar-refractivity contribution in [2.45, 2.75) is 31.1 Å². The van der Waals surface area contributed by atoms with Crippen molar-refractivity contribution in [3.05, 3.63) is 29.1 Å². The van der Waals surface area contributed by atoms with Crippen molar-refractivity contribution in [2.75, 3.05) is 13.2 Å². The Bertz CT molecular complexity index is 421. The van der Waals surface area contributed by atoms with Gasteiger partial charge in [-0.3, -0.25) is 0 Å². The lowest BCUT2D eigenvalue weighted by Crippen LogP contribution is -2.42. The first kappa shape index (κ1) is 10.1. The molecule has 0 spiro atoms. The number of ether oxygens (including phenoxy) is 1. The number of nitrogens with two attached hydrogens (primary N) is 1. The third-order valence-corrected chi connectivity index (χ3v) is 4.05. The van der Waals surface area contributed by atoms with E-state index in [0.29, 0.717) is 18.9 Å². The minimum absolute atomic E-state index is 0.0955. The molecule has 1 fully saturated rings. The van der Waals surface area contributed by atoms with E-state index >= 15 is 0 Å². The van der Waals surface area contributed by atoms with Gasteiger partial charge in [0.1, 0.15) is 11.6 Å². The molecule has 2 nitrogen and oxygen atoms in total. The second-order valence-electron chi connectivity index (χ2n) is 4.88. The standard InChI is InChI=1S/C13H16FNO/c14-11-7-12-9(2-5-16-12)6-10(11)13(8-15)3-1-4-13/h6-7H,1-5,8,15H2. The van der Waals surface area contributed by atoms with E-state index in [4.69, 9.17) is 10.5 Å². The molecule has 0 atom stereocenters. The Hall–Kier alpha value is -1.09. The fourth-order valence-electron chi connectivity index (χ4n) is 2.79. The van der Waals surface area contributed by atoms with E-state index in [1.807, 2.05) is 6.07 Å². The summed E-state index contributed by atoms with van der Waals surface area (Å²) in [4.78, 5) is 0. The minimum Gasteiger partial charge on any atom is -0.493 e. The van der Waals surface area contributed by atoms with Crippen molar-refractivity contribution in [2.24, 2.45) is 5.73 Å². The summed E-state index contributed by atoms with van der Waals surface area (Å²) >= 11 is 0. The molecule has 3 heteroatoms. The average Bonchev–Trinajstić information content (AvgIpc) is 2.64. The Morgan fingerprint density at radius 2 is 2.19 bits per heavy atom. The molecule has 86 valence electrons. The molecule has 2 aliphatic rings. The molecule has 1 aromatic carbocycles. The van der Waals surface area contributed by atoms with Gasteiger partial charge in [0.25, 0.3) is 0 Å². The SMILES string of the molecule is NCC1(c2cc3c(cc2F)OCC3)CCC1. The summed E-state index contributed by atoms with van der Waals surface area (Å²) in [5.41, 5.74) is 7.67. The highest BCUT2D eigenvalue weighted by Crippen LogP contribution is 2.45. The Kier molecular flexibility index (Phi) is 2.18. The second kappa shape index (κ2) is 3.45. The Labute approximate surface area is 94.6 Å². The van der Waals surface area contributed by atoms with Gasteiger partial charge in [-0.1, -0.05) is 6.42 Å². The lowest BCUT2D eigenvalue weighted by molar-refractivity contribution is 0.244. The van der Waals surface area contributed by atoms with Crippen molar-refractivity contribution < 1.29 is 9.13 Å². The van der Waals surface area contributed by atoms with E-state index < -0.39 is 0 Å². The number of hydrogen-bond acceptors (Lipinski definition) is 2. The van der Waals surface area contributed by atoms with Crippen LogP contribution in [0.25, 0.3) is 0 Å². The molecule has 1 aromatic rings. The maximum atomic E-state index is 14.0. The summed E-state index contributed by atoms with van der Waals surface area (Å²) in [6, 6.07) is 3.51. The van der Waals surface area contributed by atoms with Gasteiger partial charge in [-0.05, 0) is 30.0 Å². The Morgan fingerprint density at radius 1 is 1.38 bits per heavy atom. The first-order valence-electron chi connectivity index (χ1n) is 5.91. The van der Waals surface area contributed by atoms with E-state index in [1.54, 1.807) is 0 Å². The van der Waals surface area contributed by atoms with Gasteiger partial charge in [-0.2, -0.15) is 0 Å². The Balaban J connectivity index is 2.07. The van der Waals surface area contributed by atoms with Crippen LogP contribution in [0.5, 0.6) is 5.75 Å². The van der Waals surface area contributed by atoms with Crippen molar-refractivity contribution in [1.29, 1.82) is 0 Å². The minimum atomic E-state index is -0.147. The van der Waals surface area contributed by atoms with E-state index in [0.717, 1.165) is 36.8 Å². The first-order chi connectivity index (χ1) is 7.75. The van der Waals surface area contributed by atoms with Crippen LogP contribution >= 0.6 is 0 Å². The predicted octanol–water partition coefficient (Wildman–Crippen LogP) is 2.14. The van der Waals surface area contributed by atoms with Crippen molar-refractivity contribution >= 4 is 0 Å². The molecule has 0 amide bonds. The van der Waals surface area contributed by atoms with Crippen LogP contribution in [0.3, 0.4) is 0 Å². The van der Waals surface area contributed by atoms with Gasteiger partial charge in [-0.15, -0.1) is 0 Å². The normalized spacial score (nSPS) is 21.1. The van der Waals surface area contributed by atoms with Crippen molar-refractivity contribution in [3.8, 4) is 5.75 Å². The van der Waals surface area contributed by atoms with Gasteiger partial charge in [0.05, 0.1) is 6.61 Å². The lowest BCUT2D eigenvalue weighted by Gasteiger charge is -2.41. The highest BCUT2D eigenvalue weighted by atomic mass is 19.1. The van der Waals surface area contributed by atoms with Crippen LogP contribution in [0.4, 0.5) is 4.39 Å². The van der Waals surface area contributed by atoms with Crippen LogP contribution in [0.1, 0.15) is 30.4 Å². The number of fused-ring (bicyclic) bond motifs is 1. The predicted molar refractivity (Wildman–Crippen MR) is 60.2 cm³/mol. The molecule has 0 radical (unpaired) electrons. The second-order valence-corrected chi connectivity index (χ2v) is 4.88. The molecule has 0 unspecified atom stereocenters. The molecule has 1 heterocycles. The fraction of sp³-hybridized carbons (Fsp3) is 0.538. The first-order valence-corrected chi connectivity index (χ1v) is 5.91. The molecule has 1 aliphatic carbocycles. The van der Waals surface area contributed by atoms with Crippen LogP contribution < -0.4 is 10.5 Å². The molecule has 16 heavy (non-hydrogen) atoms. The lowest BCUT2D eigenvalue weighted by atomic mass is 9.64. The summed E-state index contributed by atoms with van der Waals surface area (Å²) in [6.07, 6.45) is 4.08. The maximum absolute atomic E-state index is 14.0. The Morgan fingerprint density at radius 3 is 2.81 bits per heavy atom. The highest BCUT2D eigenvalue weighted by molar-refractivity contribution is 5.44. The van der Waals surface area contributed by atoms with Crippen LogP contribution in [0.2, 0.25) is 0 Å². The van der Waals surface area contributed by atoms with Crippen molar-refractivity contribution in [3.63, 3.8) is 0 Å². The number of halogens is 1. The van der Waals surface area contributed by atoms with Gasteiger partial charge in [0.15, 0.2) is 0 Å². The molecule has 0 saturated heterocycles. The molecule has 0 aromatic heterocycles. The molecular formula is C13H16FNO. The van der Waals surface area contributed by atoms with Crippen LogP contribution in [-0.4, -0.2) is 13.2 Å². The number of hydrogen-bond donors (Lipinski definition) is 1. The molecule has 0 bridgehead atoms. The molecule has 1 saturated carbocycles. The smallest absolute Gasteiger partial charge is 0.130 e. The summed E-state index contributed by atoms with van der Waals surface area (Å²) in [5, 5.41) is 0. The zero-order valence-electron chi connectivity index (χ0n) is 9.26. The van der Waals surface area contributed by atoms with Crippen molar-refractivity contribution in [1.82, 2.24) is 0 Å². The molecular weight excluding hydrogens is 205 g/mol.